The molecule has 0 aromatic carbocycles. The molecule has 0 radical (unpaired) electrons. The second kappa shape index (κ2) is 5.07. The van der Waals surface area contributed by atoms with Gasteiger partial charge in [0.05, 0.1) is 0 Å². The molecular weight excluding hydrogens is 262 g/mol. The van der Waals surface area contributed by atoms with E-state index < -0.39 is 17.7 Å². The Hall–Kier alpha value is -2.18. The second-order valence-corrected chi connectivity index (χ2v) is 5.70. The molecule has 1 amide bonds. The number of anilines is 1. The van der Waals surface area contributed by atoms with E-state index in [1.54, 1.807) is 20.8 Å². The van der Waals surface area contributed by atoms with Crippen molar-refractivity contribution in [1.29, 1.82) is 0 Å². The van der Waals surface area contributed by atoms with Crippen molar-refractivity contribution in [2.24, 2.45) is 0 Å². The quantitative estimate of drug-likeness (QED) is 0.880. The van der Waals surface area contributed by atoms with Gasteiger partial charge in [0.15, 0.2) is 5.82 Å². The highest BCUT2D eigenvalue weighted by Gasteiger charge is 2.28. The van der Waals surface area contributed by atoms with E-state index in [4.69, 9.17) is 9.84 Å². The van der Waals surface area contributed by atoms with Gasteiger partial charge in [-0.25, -0.2) is 19.6 Å². The number of aromatic carboxylic acids is 1. The highest BCUT2D eigenvalue weighted by molar-refractivity contribution is 5.97. The lowest BCUT2D eigenvalue weighted by Crippen LogP contribution is -2.28. The molecule has 0 atom stereocenters. The lowest BCUT2D eigenvalue weighted by molar-refractivity contribution is 0.0635. The summed E-state index contributed by atoms with van der Waals surface area (Å²) < 4.78 is 5.09. The summed E-state index contributed by atoms with van der Waals surface area (Å²) in [4.78, 5) is 31.0. The van der Waals surface area contributed by atoms with Crippen LogP contribution in [-0.2, 0) is 4.74 Å². The first-order valence-electron chi connectivity index (χ1n) is 6.36. The van der Waals surface area contributed by atoms with Crippen LogP contribution in [0.5, 0.6) is 0 Å². The molecule has 7 heteroatoms. The highest BCUT2D eigenvalue weighted by atomic mass is 16.6. The molecule has 0 aliphatic heterocycles. The summed E-state index contributed by atoms with van der Waals surface area (Å²) in [5.74, 6) is -0.403. The molecule has 2 N–H and O–H groups in total. The number of carboxylic acids is 1. The van der Waals surface area contributed by atoms with E-state index in [0.29, 0.717) is 5.82 Å². The maximum Gasteiger partial charge on any atom is 0.413 e. The molecule has 0 spiro atoms. The molecule has 1 aromatic heterocycles. The topological polar surface area (TPSA) is 101 Å². The van der Waals surface area contributed by atoms with Crippen molar-refractivity contribution < 1.29 is 19.4 Å². The fraction of sp³-hybridized carbons (Fsp3) is 0.538. The van der Waals surface area contributed by atoms with Gasteiger partial charge in [-0.2, -0.15) is 0 Å². The standard InChI is InChI=1S/C13H17N3O4/c1-13(2,3)20-12(19)16-10-8(11(17)18)6-14-9(15-10)7-4-5-7/h6-7H,4-5H2,1-3H3,(H,17,18)(H,14,15,16,19). The lowest BCUT2D eigenvalue weighted by Gasteiger charge is -2.19. The molecule has 1 aliphatic carbocycles. The Kier molecular flexibility index (Phi) is 3.61. The normalized spacial score (nSPS) is 14.8. The zero-order valence-corrected chi connectivity index (χ0v) is 11.6. The number of rotatable bonds is 3. The Balaban J connectivity index is 2.21. The fourth-order valence-corrected chi connectivity index (χ4v) is 1.59. The summed E-state index contributed by atoms with van der Waals surface area (Å²) in [7, 11) is 0. The first kappa shape index (κ1) is 14.2. The van der Waals surface area contributed by atoms with E-state index in [-0.39, 0.29) is 17.3 Å². The van der Waals surface area contributed by atoms with Crippen molar-refractivity contribution in [2.45, 2.75) is 45.1 Å². The average molecular weight is 279 g/mol. The summed E-state index contributed by atoms with van der Waals surface area (Å²) in [6.07, 6.45) is 2.45. The molecule has 1 heterocycles. The fourth-order valence-electron chi connectivity index (χ4n) is 1.59. The summed E-state index contributed by atoms with van der Waals surface area (Å²) in [6.45, 7) is 5.17. The van der Waals surface area contributed by atoms with Crippen molar-refractivity contribution in [3.05, 3.63) is 17.6 Å². The predicted molar refractivity (Wildman–Crippen MR) is 70.8 cm³/mol. The van der Waals surface area contributed by atoms with Crippen LogP contribution in [0, 0.1) is 0 Å². The van der Waals surface area contributed by atoms with Gasteiger partial charge in [-0.3, -0.25) is 5.32 Å². The van der Waals surface area contributed by atoms with Crippen LogP contribution in [0.3, 0.4) is 0 Å². The van der Waals surface area contributed by atoms with Crippen LogP contribution in [0.25, 0.3) is 0 Å². The zero-order valence-electron chi connectivity index (χ0n) is 11.6. The van der Waals surface area contributed by atoms with Gasteiger partial charge in [0.25, 0.3) is 0 Å². The molecule has 7 nitrogen and oxygen atoms in total. The first-order valence-corrected chi connectivity index (χ1v) is 6.36. The van der Waals surface area contributed by atoms with Gasteiger partial charge in [-0.05, 0) is 33.6 Å². The Morgan fingerprint density at radius 1 is 1.40 bits per heavy atom. The second-order valence-electron chi connectivity index (χ2n) is 5.70. The number of nitrogens with one attached hydrogen (secondary N) is 1. The molecule has 0 saturated heterocycles. The van der Waals surface area contributed by atoms with Crippen LogP contribution in [0.15, 0.2) is 6.20 Å². The van der Waals surface area contributed by atoms with Gasteiger partial charge in [-0.1, -0.05) is 0 Å². The minimum atomic E-state index is -1.20. The van der Waals surface area contributed by atoms with Crippen LogP contribution in [0.4, 0.5) is 10.6 Å². The number of amides is 1. The molecule has 108 valence electrons. The Morgan fingerprint density at radius 3 is 2.55 bits per heavy atom. The zero-order chi connectivity index (χ0) is 14.9. The van der Waals surface area contributed by atoms with Crippen LogP contribution < -0.4 is 5.32 Å². The molecule has 0 bridgehead atoms. The average Bonchev–Trinajstić information content (AvgIpc) is 3.09. The third-order valence-electron chi connectivity index (χ3n) is 2.60. The van der Waals surface area contributed by atoms with E-state index in [1.165, 1.54) is 6.20 Å². The maximum atomic E-state index is 11.7. The monoisotopic (exact) mass is 279 g/mol. The van der Waals surface area contributed by atoms with Crippen LogP contribution in [-0.4, -0.2) is 32.7 Å². The molecule has 1 fully saturated rings. The molecule has 1 aliphatic rings. The lowest BCUT2D eigenvalue weighted by atomic mass is 10.2. The molecule has 1 saturated carbocycles. The van der Waals surface area contributed by atoms with Gasteiger partial charge in [0, 0.05) is 12.1 Å². The minimum Gasteiger partial charge on any atom is -0.477 e. The van der Waals surface area contributed by atoms with Gasteiger partial charge in [-0.15, -0.1) is 0 Å². The molecule has 0 unspecified atom stereocenters. The first-order chi connectivity index (χ1) is 9.26. The number of aromatic nitrogens is 2. The molecule has 20 heavy (non-hydrogen) atoms. The Morgan fingerprint density at radius 2 is 2.05 bits per heavy atom. The third kappa shape index (κ3) is 3.66. The number of carboxylic acid groups (broad SMARTS) is 1. The Bertz CT molecular complexity index is 547. The molecule has 1 aromatic rings. The van der Waals surface area contributed by atoms with Crippen molar-refractivity contribution in [1.82, 2.24) is 9.97 Å². The van der Waals surface area contributed by atoms with Crippen LogP contribution in [0.2, 0.25) is 0 Å². The summed E-state index contributed by atoms with van der Waals surface area (Å²) in [5, 5.41) is 11.5. The third-order valence-corrected chi connectivity index (χ3v) is 2.60. The van der Waals surface area contributed by atoms with Gasteiger partial charge in [0.1, 0.15) is 17.0 Å². The summed E-state index contributed by atoms with van der Waals surface area (Å²) in [5.41, 5.74) is -0.819. The highest BCUT2D eigenvalue weighted by Crippen LogP contribution is 2.38. The SMILES string of the molecule is CC(C)(C)OC(=O)Nc1nc(C2CC2)ncc1C(=O)O. The minimum absolute atomic E-state index is 0.0244. The van der Waals surface area contributed by atoms with E-state index in [1.807, 2.05) is 0 Å². The number of carbonyl (C=O) groups excluding carboxylic acids is 1. The van der Waals surface area contributed by atoms with Crippen LogP contribution in [0.1, 0.15) is 55.7 Å². The maximum absolute atomic E-state index is 11.7. The van der Waals surface area contributed by atoms with Gasteiger partial charge >= 0.3 is 12.1 Å². The van der Waals surface area contributed by atoms with E-state index in [9.17, 15) is 9.59 Å². The predicted octanol–water partition coefficient (Wildman–Crippen LogP) is 2.40. The van der Waals surface area contributed by atoms with E-state index in [0.717, 1.165) is 12.8 Å². The van der Waals surface area contributed by atoms with Crippen molar-refractivity contribution in [2.75, 3.05) is 5.32 Å². The van der Waals surface area contributed by atoms with Gasteiger partial charge in [0.2, 0.25) is 0 Å². The number of ether oxygens (including phenoxy) is 1. The van der Waals surface area contributed by atoms with Crippen LogP contribution >= 0.6 is 0 Å². The number of carbonyl (C=O) groups is 2. The van der Waals surface area contributed by atoms with E-state index >= 15 is 0 Å². The summed E-state index contributed by atoms with van der Waals surface area (Å²) >= 11 is 0. The summed E-state index contributed by atoms with van der Waals surface area (Å²) in [6, 6.07) is 0. The smallest absolute Gasteiger partial charge is 0.413 e. The number of hydrogen-bond acceptors (Lipinski definition) is 5. The van der Waals surface area contributed by atoms with Gasteiger partial charge < -0.3 is 9.84 Å². The van der Waals surface area contributed by atoms with Crippen molar-refractivity contribution in [3.8, 4) is 0 Å². The molecular formula is C13H17N3O4. The molecule has 2 rings (SSSR count). The van der Waals surface area contributed by atoms with Crippen molar-refractivity contribution in [3.63, 3.8) is 0 Å². The number of nitrogens with zero attached hydrogens (tertiary/aromatic N) is 2. The largest absolute Gasteiger partial charge is 0.477 e. The Labute approximate surface area is 116 Å². The number of hydrogen-bond donors (Lipinski definition) is 2. The van der Waals surface area contributed by atoms with Crippen molar-refractivity contribution >= 4 is 17.9 Å². The van der Waals surface area contributed by atoms with E-state index in [2.05, 4.69) is 15.3 Å².